The quantitative estimate of drug-likeness (QED) is 0.743. The van der Waals surface area contributed by atoms with Gasteiger partial charge in [0.05, 0.1) is 0 Å². The molecule has 0 spiro atoms. The van der Waals surface area contributed by atoms with Crippen molar-refractivity contribution in [3.8, 4) is 0 Å². The van der Waals surface area contributed by atoms with Crippen molar-refractivity contribution in [2.24, 2.45) is 0 Å². The van der Waals surface area contributed by atoms with Crippen molar-refractivity contribution >= 4 is 45.0 Å². The fraction of sp³-hybridized carbons (Fsp3) is 0.143. The molecular formula is C14H13BrClNS. The zero-order valence-corrected chi connectivity index (χ0v) is 13.1. The molecule has 0 bridgehead atoms. The predicted octanol–water partition coefficient (Wildman–Crippen LogP) is 5.44. The average Bonchev–Trinajstić information content (AvgIpc) is 2.39. The first-order valence-corrected chi connectivity index (χ1v) is 7.70. The van der Waals surface area contributed by atoms with Crippen LogP contribution in [0.2, 0.25) is 5.02 Å². The summed E-state index contributed by atoms with van der Waals surface area (Å²) >= 11 is 11.5. The lowest BCUT2D eigenvalue weighted by molar-refractivity contribution is 1.33. The van der Waals surface area contributed by atoms with Gasteiger partial charge in [0, 0.05) is 32.9 Å². The normalized spacial score (nSPS) is 10.4. The van der Waals surface area contributed by atoms with Gasteiger partial charge in [-0.2, -0.15) is 0 Å². The van der Waals surface area contributed by atoms with Crippen LogP contribution < -0.4 is 5.32 Å². The van der Waals surface area contributed by atoms with Crippen LogP contribution in [-0.2, 0) is 5.75 Å². The molecule has 1 nitrogen and oxygen atoms in total. The van der Waals surface area contributed by atoms with Gasteiger partial charge in [0.15, 0.2) is 0 Å². The Morgan fingerprint density at radius 1 is 1.17 bits per heavy atom. The Hall–Kier alpha value is -0.640. The number of anilines is 1. The molecule has 0 fully saturated rings. The molecule has 1 N–H and O–H groups in total. The minimum absolute atomic E-state index is 0.822. The number of hydrogen-bond donors (Lipinski definition) is 1. The molecule has 0 atom stereocenters. The Morgan fingerprint density at radius 2 is 1.94 bits per heavy atom. The van der Waals surface area contributed by atoms with Crippen molar-refractivity contribution in [3.05, 3.63) is 57.5 Å². The van der Waals surface area contributed by atoms with Crippen LogP contribution in [0.15, 0.2) is 51.8 Å². The van der Waals surface area contributed by atoms with E-state index >= 15 is 0 Å². The number of halogens is 2. The summed E-state index contributed by atoms with van der Waals surface area (Å²) in [4.78, 5) is 1.21. The smallest absolute Gasteiger partial charge is 0.0487 e. The second-order valence-electron chi connectivity index (χ2n) is 3.75. The zero-order chi connectivity index (χ0) is 13.0. The lowest BCUT2D eigenvalue weighted by atomic mass is 10.2. The standard InChI is InChI=1S/C14H13BrClNS/c1-17-13-8-4-6-11(15)14(13)18-9-10-5-2-3-7-12(10)16/h2-8,17H,9H2,1H3. The number of thioether (sulfide) groups is 1. The molecule has 2 aromatic rings. The lowest BCUT2D eigenvalue weighted by Gasteiger charge is -2.11. The van der Waals surface area contributed by atoms with Gasteiger partial charge in [-0.05, 0) is 39.7 Å². The molecular weight excluding hydrogens is 330 g/mol. The average molecular weight is 343 g/mol. The van der Waals surface area contributed by atoms with E-state index in [0.29, 0.717) is 0 Å². The second-order valence-corrected chi connectivity index (χ2v) is 5.99. The second kappa shape index (κ2) is 6.50. The summed E-state index contributed by atoms with van der Waals surface area (Å²) in [7, 11) is 1.93. The first-order valence-electron chi connectivity index (χ1n) is 5.55. The van der Waals surface area contributed by atoms with Gasteiger partial charge in [-0.15, -0.1) is 11.8 Å². The van der Waals surface area contributed by atoms with Crippen LogP contribution in [0.25, 0.3) is 0 Å². The first kappa shape index (κ1) is 13.8. The molecule has 0 heterocycles. The summed E-state index contributed by atoms with van der Waals surface area (Å²) < 4.78 is 1.10. The number of hydrogen-bond acceptors (Lipinski definition) is 2. The maximum Gasteiger partial charge on any atom is 0.0487 e. The summed E-state index contributed by atoms with van der Waals surface area (Å²) in [5, 5.41) is 4.03. The maximum atomic E-state index is 6.16. The maximum absolute atomic E-state index is 6.16. The van der Waals surface area contributed by atoms with Crippen LogP contribution in [0.1, 0.15) is 5.56 Å². The highest BCUT2D eigenvalue weighted by atomic mass is 79.9. The highest BCUT2D eigenvalue weighted by molar-refractivity contribution is 9.10. The molecule has 2 aromatic carbocycles. The highest BCUT2D eigenvalue weighted by Crippen LogP contribution is 2.37. The van der Waals surface area contributed by atoms with E-state index in [1.807, 2.05) is 31.3 Å². The molecule has 0 unspecified atom stereocenters. The summed E-state index contributed by atoms with van der Waals surface area (Å²) in [5.74, 6) is 0.858. The van der Waals surface area contributed by atoms with E-state index in [0.717, 1.165) is 26.5 Å². The van der Waals surface area contributed by atoms with Crippen LogP contribution in [-0.4, -0.2) is 7.05 Å². The van der Waals surface area contributed by atoms with E-state index in [-0.39, 0.29) is 0 Å². The van der Waals surface area contributed by atoms with Gasteiger partial charge < -0.3 is 5.32 Å². The Bertz CT molecular complexity index is 545. The van der Waals surface area contributed by atoms with Crippen LogP contribution in [0.3, 0.4) is 0 Å². The molecule has 2 rings (SSSR count). The van der Waals surface area contributed by atoms with E-state index < -0.39 is 0 Å². The summed E-state index contributed by atoms with van der Waals surface area (Å²) in [6, 6.07) is 14.1. The van der Waals surface area contributed by atoms with Gasteiger partial charge in [0.2, 0.25) is 0 Å². The van der Waals surface area contributed by atoms with E-state index in [2.05, 4.69) is 39.4 Å². The summed E-state index contributed by atoms with van der Waals surface area (Å²) in [6.07, 6.45) is 0. The molecule has 0 saturated heterocycles. The van der Waals surface area contributed by atoms with Gasteiger partial charge in [-0.25, -0.2) is 0 Å². The Kier molecular flexibility index (Phi) is 4.98. The third kappa shape index (κ3) is 3.22. The van der Waals surface area contributed by atoms with Gasteiger partial charge >= 0.3 is 0 Å². The summed E-state index contributed by atoms with van der Waals surface area (Å²) in [5.41, 5.74) is 2.28. The Labute approximate surface area is 125 Å². The topological polar surface area (TPSA) is 12.0 Å². The number of rotatable bonds is 4. The largest absolute Gasteiger partial charge is 0.387 e. The van der Waals surface area contributed by atoms with Crippen molar-refractivity contribution in [2.45, 2.75) is 10.6 Å². The van der Waals surface area contributed by atoms with E-state index in [4.69, 9.17) is 11.6 Å². The van der Waals surface area contributed by atoms with Gasteiger partial charge in [0.1, 0.15) is 0 Å². The van der Waals surface area contributed by atoms with E-state index in [9.17, 15) is 0 Å². The van der Waals surface area contributed by atoms with Gasteiger partial charge in [0.25, 0.3) is 0 Å². The molecule has 0 radical (unpaired) electrons. The van der Waals surface area contributed by atoms with Crippen LogP contribution >= 0.6 is 39.3 Å². The SMILES string of the molecule is CNc1cccc(Br)c1SCc1ccccc1Cl. The first-order chi connectivity index (χ1) is 8.72. The Balaban J connectivity index is 2.18. The predicted molar refractivity (Wildman–Crippen MR) is 84.7 cm³/mol. The molecule has 94 valence electrons. The minimum atomic E-state index is 0.822. The molecule has 0 aliphatic heterocycles. The van der Waals surface area contributed by atoms with Crippen molar-refractivity contribution in [3.63, 3.8) is 0 Å². The minimum Gasteiger partial charge on any atom is -0.387 e. The lowest BCUT2D eigenvalue weighted by Crippen LogP contribution is -1.92. The third-order valence-electron chi connectivity index (χ3n) is 2.57. The third-order valence-corrected chi connectivity index (χ3v) is 5.04. The molecule has 4 heteroatoms. The summed E-state index contributed by atoms with van der Waals surface area (Å²) in [6.45, 7) is 0. The van der Waals surface area contributed by atoms with Crippen LogP contribution in [0.5, 0.6) is 0 Å². The number of benzene rings is 2. The molecule has 0 aromatic heterocycles. The molecule has 0 amide bonds. The molecule has 18 heavy (non-hydrogen) atoms. The van der Waals surface area contributed by atoms with Crippen LogP contribution in [0.4, 0.5) is 5.69 Å². The van der Waals surface area contributed by atoms with Crippen molar-refractivity contribution in [1.82, 2.24) is 0 Å². The number of nitrogens with one attached hydrogen (secondary N) is 1. The van der Waals surface area contributed by atoms with Crippen molar-refractivity contribution in [1.29, 1.82) is 0 Å². The van der Waals surface area contributed by atoms with Crippen LogP contribution in [0, 0.1) is 0 Å². The monoisotopic (exact) mass is 341 g/mol. The Morgan fingerprint density at radius 3 is 2.67 bits per heavy atom. The van der Waals surface area contributed by atoms with Crippen molar-refractivity contribution < 1.29 is 0 Å². The van der Waals surface area contributed by atoms with E-state index in [1.165, 1.54) is 4.90 Å². The fourth-order valence-electron chi connectivity index (χ4n) is 1.62. The zero-order valence-electron chi connectivity index (χ0n) is 9.91. The molecule has 0 aliphatic rings. The highest BCUT2D eigenvalue weighted by Gasteiger charge is 2.07. The van der Waals surface area contributed by atoms with Gasteiger partial charge in [-0.1, -0.05) is 35.9 Å². The fourth-order valence-corrected chi connectivity index (χ4v) is 3.69. The molecule has 0 aliphatic carbocycles. The van der Waals surface area contributed by atoms with E-state index in [1.54, 1.807) is 11.8 Å². The molecule has 0 saturated carbocycles. The van der Waals surface area contributed by atoms with Gasteiger partial charge in [-0.3, -0.25) is 0 Å². The van der Waals surface area contributed by atoms with Crippen molar-refractivity contribution in [2.75, 3.05) is 12.4 Å².